The summed E-state index contributed by atoms with van der Waals surface area (Å²) in [6.07, 6.45) is 3.73. The molecule has 1 saturated heterocycles. The third-order valence-corrected chi connectivity index (χ3v) is 8.19. The van der Waals surface area contributed by atoms with Crippen molar-refractivity contribution in [3.05, 3.63) is 18.2 Å². The van der Waals surface area contributed by atoms with E-state index in [2.05, 4.69) is 10.6 Å². The molecule has 4 aliphatic rings. The highest BCUT2D eigenvalue weighted by Crippen LogP contribution is 2.47. The summed E-state index contributed by atoms with van der Waals surface area (Å²) in [6.45, 7) is 0.759. The Kier molecular flexibility index (Phi) is 4.13. The number of piperidine rings is 1. The quantitative estimate of drug-likeness (QED) is 0.776. The number of sulfonamides is 1. The van der Waals surface area contributed by atoms with Crippen molar-refractivity contribution in [2.75, 3.05) is 25.0 Å². The molecular formula is C19H23N3O5S. The summed E-state index contributed by atoms with van der Waals surface area (Å²) in [5, 5.41) is 5.70. The maximum Gasteiger partial charge on any atom is 0.262 e. The van der Waals surface area contributed by atoms with Gasteiger partial charge in [-0.1, -0.05) is 0 Å². The van der Waals surface area contributed by atoms with Crippen molar-refractivity contribution in [2.24, 2.45) is 17.8 Å². The van der Waals surface area contributed by atoms with Gasteiger partial charge in [-0.15, -0.1) is 0 Å². The van der Waals surface area contributed by atoms with Crippen LogP contribution in [0.15, 0.2) is 23.1 Å². The molecule has 3 atom stereocenters. The number of ether oxygens (including phenoxy) is 1. The highest BCUT2D eigenvalue weighted by atomic mass is 32.2. The molecule has 2 heterocycles. The monoisotopic (exact) mass is 405 g/mol. The van der Waals surface area contributed by atoms with Crippen LogP contribution < -0.4 is 15.4 Å². The second-order valence-electron chi connectivity index (χ2n) is 8.20. The molecule has 9 heteroatoms. The maximum atomic E-state index is 13.2. The number of rotatable bonds is 4. The largest absolute Gasteiger partial charge is 0.482 e. The summed E-state index contributed by atoms with van der Waals surface area (Å²) in [5.74, 6) is 0.673. The van der Waals surface area contributed by atoms with E-state index in [1.54, 1.807) is 6.07 Å². The molecule has 1 aromatic rings. The minimum atomic E-state index is -3.70. The molecule has 8 nitrogen and oxygen atoms in total. The molecule has 0 bridgehead atoms. The van der Waals surface area contributed by atoms with Crippen molar-refractivity contribution in [1.82, 2.24) is 9.62 Å². The summed E-state index contributed by atoms with van der Waals surface area (Å²) < 4.78 is 33.1. The van der Waals surface area contributed by atoms with E-state index in [0.717, 1.165) is 25.7 Å². The highest BCUT2D eigenvalue weighted by Gasteiger charge is 2.50. The van der Waals surface area contributed by atoms with E-state index in [4.69, 9.17) is 4.74 Å². The Hall–Kier alpha value is -2.13. The number of benzene rings is 1. The van der Waals surface area contributed by atoms with Crippen molar-refractivity contribution in [3.63, 3.8) is 0 Å². The summed E-state index contributed by atoms with van der Waals surface area (Å²) in [6, 6.07) is 4.86. The molecule has 5 rings (SSSR count). The molecule has 1 aromatic carbocycles. The third-order valence-electron chi connectivity index (χ3n) is 6.32. The van der Waals surface area contributed by atoms with Crippen molar-refractivity contribution >= 4 is 27.5 Å². The molecule has 150 valence electrons. The van der Waals surface area contributed by atoms with Gasteiger partial charge in [0.1, 0.15) is 5.75 Å². The van der Waals surface area contributed by atoms with Crippen molar-refractivity contribution in [1.29, 1.82) is 0 Å². The lowest BCUT2D eigenvalue weighted by Gasteiger charge is -2.49. The SMILES string of the molecule is O=C1COc2ccc(S(=O)(=O)N3CC[C@@H]4C[C@@H](C(=O)NC5CC5)[C@@H]4C3)cc2N1. The summed E-state index contributed by atoms with van der Waals surface area (Å²) in [7, 11) is -3.70. The maximum absolute atomic E-state index is 13.2. The first-order valence-electron chi connectivity index (χ1n) is 9.79. The summed E-state index contributed by atoms with van der Waals surface area (Å²) in [5.41, 5.74) is 0.373. The number of anilines is 1. The minimum absolute atomic E-state index is 0.0708. The third kappa shape index (κ3) is 3.06. The summed E-state index contributed by atoms with van der Waals surface area (Å²) >= 11 is 0. The van der Waals surface area contributed by atoms with E-state index in [1.807, 2.05) is 0 Å². The van der Waals surface area contributed by atoms with Crippen LogP contribution in [0.1, 0.15) is 25.7 Å². The fourth-order valence-corrected chi connectivity index (χ4v) is 6.00. The minimum Gasteiger partial charge on any atom is -0.482 e. The fraction of sp³-hybridized carbons (Fsp3) is 0.579. The van der Waals surface area contributed by atoms with Crippen LogP contribution in [0.25, 0.3) is 0 Å². The first-order valence-corrected chi connectivity index (χ1v) is 11.2. The second kappa shape index (κ2) is 6.45. The number of carbonyl (C=O) groups excluding carboxylic acids is 2. The second-order valence-corrected chi connectivity index (χ2v) is 10.1. The van der Waals surface area contributed by atoms with E-state index in [-0.39, 0.29) is 35.2 Å². The molecule has 0 radical (unpaired) electrons. The van der Waals surface area contributed by atoms with Gasteiger partial charge < -0.3 is 15.4 Å². The van der Waals surface area contributed by atoms with E-state index >= 15 is 0 Å². The van der Waals surface area contributed by atoms with Crippen LogP contribution in [0.5, 0.6) is 5.75 Å². The van der Waals surface area contributed by atoms with E-state index in [1.165, 1.54) is 16.4 Å². The first-order chi connectivity index (χ1) is 13.4. The van der Waals surface area contributed by atoms with E-state index in [0.29, 0.717) is 36.5 Å². The molecule has 2 aliphatic heterocycles. The van der Waals surface area contributed by atoms with E-state index < -0.39 is 10.0 Å². The zero-order valence-electron chi connectivity index (χ0n) is 15.4. The fourth-order valence-electron chi connectivity index (χ4n) is 4.48. The van der Waals surface area contributed by atoms with Crippen molar-refractivity contribution < 1.29 is 22.7 Å². The van der Waals surface area contributed by atoms with Gasteiger partial charge in [0.25, 0.3) is 5.91 Å². The molecule has 2 aliphatic carbocycles. The summed E-state index contributed by atoms with van der Waals surface area (Å²) in [4.78, 5) is 24.1. The first kappa shape index (κ1) is 17.9. The van der Waals surface area contributed by atoms with Gasteiger partial charge in [0.15, 0.2) is 6.61 Å². The lowest BCUT2D eigenvalue weighted by atomic mass is 9.61. The predicted octanol–water partition coefficient (Wildman–Crippen LogP) is 0.943. The Balaban J connectivity index is 1.33. The standard InChI is InChI=1S/C19H23N3O5S/c23-18-10-27-17-4-3-13(8-16(17)21-18)28(25,26)22-6-5-11-7-14(15(11)9-22)19(24)20-12-1-2-12/h3-4,8,11-12,14-15H,1-2,5-7,9-10H2,(H,20,24)(H,21,23)/t11-,14-,15-/m1/s1. The van der Waals surface area contributed by atoms with Gasteiger partial charge in [0, 0.05) is 25.0 Å². The number of nitrogens with one attached hydrogen (secondary N) is 2. The molecule has 3 fully saturated rings. The highest BCUT2D eigenvalue weighted by molar-refractivity contribution is 7.89. The Labute approximate surface area is 163 Å². The normalized spacial score (nSPS) is 29.6. The molecule has 2 N–H and O–H groups in total. The topological polar surface area (TPSA) is 105 Å². The van der Waals surface area contributed by atoms with Gasteiger partial charge in [-0.25, -0.2) is 8.42 Å². The molecule has 28 heavy (non-hydrogen) atoms. The lowest BCUT2D eigenvalue weighted by molar-refractivity contribution is -0.135. The average Bonchev–Trinajstić information content (AvgIpc) is 3.45. The van der Waals surface area contributed by atoms with Gasteiger partial charge in [0.2, 0.25) is 15.9 Å². The molecule has 2 amide bonds. The predicted molar refractivity (Wildman–Crippen MR) is 100 cm³/mol. The van der Waals surface area contributed by atoms with E-state index in [9.17, 15) is 18.0 Å². The Morgan fingerprint density at radius 3 is 2.86 bits per heavy atom. The zero-order chi connectivity index (χ0) is 19.5. The smallest absolute Gasteiger partial charge is 0.262 e. The van der Waals surface area contributed by atoms with Crippen LogP contribution in [-0.2, 0) is 19.6 Å². The lowest BCUT2D eigenvalue weighted by Crippen LogP contribution is -2.56. The molecule has 0 spiro atoms. The number of fused-ring (bicyclic) bond motifs is 2. The van der Waals surface area contributed by atoms with Crippen LogP contribution in [0.3, 0.4) is 0 Å². The number of amides is 2. The van der Waals surface area contributed by atoms with Crippen LogP contribution >= 0.6 is 0 Å². The Bertz CT molecular complexity index is 943. The van der Waals surface area contributed by atoms with Crippen LogP contribution in [-0.4, -0.2) is 50.3 Å². The van der Waals surface area contributed by atoms with Gasteiger partial charge in [-0.3, -0.25) is 9.59 Å². The molecule has 2 saturated carbocycles. The Morgan fingerprint density at radius 1 is 1.25 bits per heavy atom. The van der Waals surface area contributed by atoms with Gasteiger partial charge >= 0.3 is 0 Å². The Morgan fingerprint density at radius 2 is 2.07 bits per heavy atom. The number of hydrogen-bond donors (Lipinski definition) is 2. The van der Waals surface area contributed by atoms with Gasteiger partial charge in [-0.05, 0) is 55.7 Å². The van der Waals surface area contributed by atoms with Crippen molar-refractivity contribution in [3.8, 4) is 5.75 Å². The van der Waals surface area contributed by atoms with Crippen LogP contribution in [0.2, 0.25) is 0 Å². The number of nitrogens with zero attached hydrogens (tertiary/aromatic N) is 1. The molecule has 0 unspecified atom stereocenters. The van der Waals surface area contributed by atoms with Gasteiger partial charge in [0.05, 0.1) is 10.6 Å². The van der Waals surface area contributed by atoms with Crippen molar-refractivity contribution in [2.45, 2.75) is 36.6 Å². The average molecular weight is 405 g/mol. The molecule has 0 aromatic heterocycles. The number of carbonyl (C=O) groups is 2. The van der Waals surface area contributed by atoms with Gasteiger partial charge in [-0.2, -0.15) is 4.31 Å². The van der Waals surface area contributed by atoms with Crippen LogP contribution in [0.4, 0.5) is 5.69 Å². The number of hydrogen-bond acceptors (Lipinski definition) is 5. The van der Waals surface area contributed by atoms with Crippen LogP contribution in [0, 0.1) is 17.8 Å². The zero-order valence-corrected chi connectivity index (χ0v) is 16.2. The molecular weight excluding hydrogens is 382 g/mol.